The van der Waals surface area contributed by atoms with E-state index in [1.807, 2.05) is 36.5 Å². The van der Waals surface area contributed by atoms with E-state index in [1.54, 1.807) is 26.6 Å². The number of nitrogens with zero attached hydrogens (tertiary/aromatic N) is 3. The number of aromatic nitrogens is 3. The number of hydrogen-bond acceptors (Lipinski definition) is 7. The summed E-state index contributed by atoms with van der Waals surface area (Å²) in [7, 11) is 3.28. The molecule has 0 bridgehead atoms. The van der Waals surface area contributed by atoms with Crippen LogP contribution in [0.25, 0.3) is 11.1 Å². The highest BCUT2D eigenvalue weighted by Gasteiger charge is 2.23. The van der Waals surface area contributed by atoms with Crippen LogP contribution in [0.4, 0.5) is 5.95 Å². The highest BCUT2D eigenvalue weighted by Crippen LogP contribution is 2.34. The Morgan fingerprint density at radius 3 is 2.52 bits per heavy atom. The quantitative estimate of drug-likeness (QED) is 0.650. The Kier molecular flexibility index (Phi) is 5.86. The molecule has 1 atom stereocenters. The van der Waals surface area contributed by atoms with Gasteiger partial charge in [-0.1, -0.05) is 0 Å². The Morgan fingerprint density at radius 1 is 1.10 bits per heavy atom. The highest BCUT2D eigenvalue weighted by molar-refractivity contribution is 5.65. The zero-order chi connectivity index (χ0) is 20.1. The maximum atomic E-state index is 5.91. The predicted molar refractivity (Wildman–Crippen MR) is 110 cm³/mol. The molecule has 0 saturated carbocycles. The van der Waals surface area contributed by atoms with Gasteiger partial charge in [-0.3, -0.25) is 4.98 Å². The van der Waals surface area contributed by atoms with E-state index in [-0.39, 0.29) is 6.10 Å². The fraction of sp³-hybridized carbons (Fsp3) is 0.318. The fourth-order valence-corrected chi connectivity index (χ4v) is 3.42. The Hall–Kier alpha value is -3.19. The fourth-order valence-electron chi connectivity index (χ4n) is 3.42. The number of nitrogens with one attached hydrogen (secondary N) is 1. The van der Waals surface area contributed by atoms with Crippen LogP contribution >= 0.6 is 0 Å². The zero-order valence-corrected chi connectivity index (χ0v) is 16.6. The van der Waals surface area contributed by atoms with E-state index >= 15 is 0 Å². The molecule has 1 saturated heterocycles. The Balaban J connectivity index is 1.59. The number of methoxy groups -OCH3 is 2. The number of anilines is 1. The molecule has 0 radical (unpaired) electrons. The van der Waals surface area contributed by atoms with Crippen molar-refractivity contribution in [2.75, 3.05) is 26.1 Å². The molecule has 1 aliphatic rings. The van der Waals surface area contributed by atoms with Gasteiger partial charge in [-0.15, -0.1) is 0 Å². The summed E-state index contributed by atoms with van der Waals surface area (Å²) in [5.74, 6) is 2.06. The van der Waals surface area contributed by atoms with Crippen LogP contribution in [-0.2, 0) is 11.3 Å². The minimum atomic E-state index is -0.0152. The maximum Gasteiger partial charge on any atom is 0.223 e. The first-order chi connectivity index (χ1) is 14.3. The van der Waals surface area contributed by atoms with Gasteiger partial charge < -0.3 is 19.5 Å². The first-order valence-corrected chi connectivity index (χ1v) is 9.61. The van der Waals surface area contributed by atoms with Crippen molar-refractivity contribution in [3.63, 3.8) is 0 Å². The third-order valence-corrected chi connectivity index (χ3v) is 4.91. The lowest BCUT2D eigenvalue weighted by Crippen LogP contribution is -2.09. The molecule has 1 unspecified atom stereocenters. The summed E-state index contributed by atoms with van der Waals surface area (Å²) >= 11 is 0. The van der Waals surface area contributed by atoms with Crippen LogP contribution in [-0.4, -0.2) is 35.8 Å². The highest BCUT2D eigenvalue weighted by atomic mass is 16.5. The van der Waals surface area contributed by atoms with Crippen molar-refractivity contribution in [2.45, 2.75) is 25.5 Å². The summed E-state index contributed by atoms with van der Waals surface area (Å²) < 4.78 is 16.6. The summed E-state index contributed by atoms with van der Waals surface area (Å²) in [5, 5.41) is 3.30. The summed E-state index contributed by atoms with van der Waals surface area (Å²) in [5.41, 5.74) is 3.94. The molecule has 150 valence electrons. The van der Waals surface area contributed by atoms with Gasteiger partial charge in [0, 0.05) is 43.4 Å². The lowest BCUT2D eigenvalue weighted by atomic mass is 10.0. The Morgan fingerprint density at radius 2 is 1.86 bits per heavy atom. The molecule has 1 aromatic carbocycles. The molecule has 1 N–H and O–H groups in total. The number of pyridine rings is 1. The molecule has 3 heterocycles. The molecular weight excluding hydrogens is 368 g/mol. The third kappa shape index (κ3) is 4.46. The smallest absolute Gasteiger partial charge is 0.223 e. The van der Waals surface area contributed by atoms with E-state index < -0.39 is 0 Å². The van der Waals surface area contributed by atoms with E-state index in [1.165, 1.54) is 0 Å². The minimum Gasteiger partial charge on any atom is -0.497 e. The summed E-state index contributed by atoms with van der Waals surface area (Å²) in [6, 6.07) is 9.70. The van der Waals surface area contributed by atoms with Gasteiger partial charge in [0.25, 0.3) is 0 Å². The van der Waals surface area contributed by atoms with Crippen molar-refractivity contribution in [3.05, 3.63) is 60.2 Å². The topological polar surface area (TPSA) is 78.4 Å². The normalized spacial score (nSPS) is 15.9. The standard InChI is InChI=1S/C22H24N4O3/c1-27-17-10-15(11-18(12-17)28-2)13-24-22-25-14-19(16-5-7-23-8-6-16)21(26-22)20-4-3-9-29-20/h5-8,10-12,14,20H,3-4,9,13H2,1-2H3,(H,24,25,26). The first kappa shape index (κ1) is 19.1. The van der Waals surface area contributed by atoms with Gasteiger partial charge in [-0.2, -0.15) is 0 Å². The number of rotatable bonds is 7. The van der Waals surface area contributed by atoms with Crippen LogP contribution in [0.3, 0.4) is 0 Å². The Labute approximate surface area is 170 Å². The van der Waals surface area contributed by atoms with Crippen LogP contribution in [0.15, 0.2) is 48.9 Å². The van der Waals surface area contributed by atoms with Gasteiger partial charge in [-0.05, 0) is 48.2 Å². The molecular formula is C22H24N4O3. The van der Waals surface area contributed by atoms with E-state index in [0.717, 1.165) is 53.3 Å². The molecule has 29 heavy (non-hydrogen) atoms. The van der Waals surface area contributed by atoms with E-state index in [9.17, 15) is 0 Å². The summed E-state index contributed by atoms with van der Waals surface area (Å²) in [6.07, 6.45) is 7.39. The molecule has 3 aromatic rings. The van der Waals surface area contributed by atoms with Crippen LogP contribution in [0.1, 0.15) is 30.2 Å². The van der Waals surface area contributed by atoms with E-state index in [2.05, 4.69) is 15.3 Å². The summed E-state index contributed by atoms with van der Waals surface area (Å²) in [6.45, 7) is 1.31. The van der Waals surface area contributed by atoms with Crippen molar-refractivity contribution in [1.82, 2.24) is 15.0 Å². The van der Waals surface area contributed by atoms with Gasteiger partial charge in [0.2, 0.25) is 5.95 Å². The second kappa shape index (κ2) is 8.87. The van der Waals surface area contributed by atoms with Crippen molar-refractivity contribution in [3.8, 4) is 22.6 Å². The number of hydrogen-bond donors (Lipinski definition) is 1. The van der Waals surface area contributed by atoms with Gasteiger partial charge >= 0.3 is 0 Å². The van der Waals surface area contributed by atoms with Crippen LogP contribution < -0.4 is 14.8 Å². The van der Waals surface area contributed by atoms with Gasteiger partial charge in [0.1, 0.15) is 17.6 Å². The monoisotopic (exact) mass is 392 g/mol. The molecule has 0 aliphatic carbocycles. The molecule has 1 fully saturated rings. The molecule has 7 heteroatoms. The molecule has 0 spiro atoms. The van der Waals surface area contributed by atoms with Gasteiger partial charge in [0.05, 0.1) is 19.9 Å². The van der Waals surface area contributed by atoms with Gasteiger partial charge in [0.15, 0.2) is 0 Å². The Bertz CT molecular complexity index is 937. The second-order valence-electron chi connectivity index (χ2n) is 6.80. The predicted octanol–water partition coefficient (Wildman–Crippen LogP) is 4.02. The lowest BCUT2D eigenvalue weighted by Gasteiger charge is -2.16. The van der Waals surface area contributed by atoms with Crippen LogP contribution in [0, 0.1) is 0 Å². The largest absolute Gasteiger partial charge is 0.497 e. The number of ether oxygens (including phenoxy) is 3. The van der Waals surface area contributed by atoms with E-state index in [4.69, 9.17) is 19.2 Å². The van der Waals surface area contributed by atoms with Crippen molar-refractivity contribution >= 4 is 5.95 Å². The van der Waals surface area contributed by atoms with Crippen molar-refractivity contribution in [2.24, 2.45) is 0 Å². The van der Waals surface area contributed by atoms with Crippen LogP contribution in [0.5, 0.6) is 11.5 Å². The average molecular weight is 392 g/mol. The van der Waals surface area contributed by atoms with Gasteiger partial charge in [-0.25, -0.2) is 9.97 Å². The first-order valence-electron chi connectivity index (χ1n) is 9.61. The average Bonchev–Trinajstić information content (AvgIpc) is 3.32. The van der Waals surface area contributed by atoms with E-state index in [0.29, 0.717) is 12.5 Å². The maximum absolute atomic E-state index is 5.91. The molecule has 2 aromatic heterocycles. The SMILES string of the molecule is COc1cc(CNc2ncc(-c3ccncc3)c(C3CCCO3)n2)cc(OC)c1. The molecule has 0 amide bonds. The van der Waals surface area contributed by atoms with Crippen molar-refractivity contribution < 1.29 is 14.2 Å². The third-order valence-electron chi connectivity index (χ3n) is 4.91. The lowest BCUT2D eigenvalue weighted by molar-refractivity contribution is 0.109. The molecule has 1 aliphatic heterocycles. The van der Waals surface area contributed by atoms with Crippen molar-refractivity contribution in [1.29, 1.82) is 0 Å². The number of benzene rings is 1. The molecule has 4 rings (SSSR count). The second-order valence-corrected chi connectivity index (χ2v) is 6.80. The van der Waals surface area contributed by atoms with Crippen LogP contribution in [0.2, 0.25) is 0 Å². The minimum absolute atomic E-state index is 0.0152. The summed E-state index contributed by atoms with van der Waals surface area (Å²) in [4.78, 5) is 13.4. The zero-order valence-electron chi connectivity index (χ0n) is 16.6. The molecule has 7 nitrogen and oxygen atoms in total.